The zero-order valence-electron chi connectivity index (χ0n) is 13.9. The van der Waals surface area contributed by atoms with Gasteiger partial charge in [0.1, 0.15) is 5.82 Å². The molecule has 0 N–H and O–H groups in total. The Kier molecular flexibility index (Phi) is 4.30. The largest absolute Gasteiger partial charge is 0.337 e. The second kappa shape index (κ2) is 6.40. The van der Waals surface area contributed by atoms with E-state index in [1.165, 1.54) is 0 Å². The predicted octanol–water partition coefficient (Wildman–Crippen LogP) is 1.80. The van der Waals surface area contributed by atoms with Crippen molar-refractivity contribution in [1.29, 1.82) is 5.26 Å². The highest BCUT2D eigenvalue weighted by molar-refractivity contribution is 5.94. The van der Waals surface area contributed by atoms with Crippen LogP contribution in [0.25, 0.3) is 0 Å². The van der Waals surface area contributed by atoms with E-state index in [0.717, 1.165) is 24.2 Å². The molecule has 1 atom stereocenters. The molecule has 7 nitrogen and oxygen atoms in total. The highest BCUT2D eigenvalue weighted by Crippen LogP contribution is 2.29. The number of hydrogen-bond acceptors (Lipinski definition) is 5. The Morgan fingerprint density at radius 2 is 2.12 bits per heavy atom. The minimum atomic E-state index is -0.439. The Bertz CT molecular complexity index is 775. The Balaban J connectivity index is 1.70. The lowest BCUT2D eigenvalue weighted by Crippen LogP contribution is -2.44. The molecule has 1 aromatic carbocycles. The summed E-state index contributed by atoms with van der Waals surface area (Å²) in [6, 6.07) is 9.84. The van der Waals surface area contributed by atoms with Crippen LogP contribution in [0.15, 0.2) is 24.3 Å². The number of aromatic nitrogens is 4. The van der Waals surface area contributed by atoms with E-state index in [-0.39, 0.29) is 5.91 Å². The molecule has 0 aliphatic carbocycles. The average Bonchev–Trinajstić information content (AvgIpc) is 3.00. The summed E-state index contributed by atoms with van der Waals surface area (Å²) in [5.41, 5.74) is 1.24. The predicted molar refractivity (Wildman–Crippen MR) is 87.0 cm³/mol. The summed E-state index contributed by atoms with van der Waals surface area (Å²) in [5.74, 6) is 0.737. The van der Waals surface area contributed by atoms with Gasteiger partial charge in [0.2, 0.25) is 0 Å². The van der Waals surface area contributed by atoms with Crippen molar-refractivity contribution < 1.29 is 4.79 Å². The second-order valence-electron chi connectivity index (χ2n) is 6.58. The van der Waals surface area contributed by atoms with E-state index in [0.29, 0.717) is 25.2 Å². The van der Waals surface area contributed by atoms with Crippen molar-refractivity contribution >= 4 is 5.91 Å². The Morgan fingerprint density at radius 3 is 2.75 bits per heavy atom. The zero-order valence-corrected chi connectivity index (χ0v) is 13.9. The number of rotatable bonds is 3. The van der Waals surface area contributed by atoms with Gasteiger partial charge in [-0.15, -0.1) is 5.10 Å². The van der Waals surface area contributed by atoms with Crippen molar-refractivity contribution in [3.8, 4) is 6.07 Å². The molecule has 2 heterocycles. The molecule has 24 heavy (non-hydrogen) atoms. The van der Waals surface area contributed by atoms with Gasteiger partial charge >= 0.3 is 0 Å². The normalized spacial score (nSPS) is 20.6. The van der Waals surface area contributed by atoms with Crippen LogP contribution in [-0.2, 0) is 6.54 Å². The van der Waals surface area contributed by atoms with E-state index in [4.69, 9.17) is 0 Å². The highest BCUT2D eigenvalue weighted by atomic mass is 16.2. The first-order chi connectivity index (χ1) is 11.5. The molecule has 1 saturated heterocycles. The third-order valence-electron chi connectivity index (χ3n) is 4.50. The monoisotopic (exact) mass is 324 g/mol. The van der Waals surface area contributed by atoms with Crippen molar-refractivity contribution in [2.45, 2.75) is 33.2 Å². The maximum absolute atomic E-state index is 12.7. The summed E-state index contributed by atoms with van der Waals surface area (Å²) in [6.07, 6.45) is 1.71. The standard InChI is InChI=1S/C17H20N6O/c1-13-19-20-21-23(13)10-14-4-6-15(7-5-14)16(24)22-9-3-8-17(2,11-18)12-22/h4-7H,3,8-10,12H2,1-2H3/t17-/m1/s1. The smallest absolute Gasteiger partial charge is 0.253 e. The molecular weight excluding hydrogens is 304 g/mol. The molecule has 0 bridgehead atoms. The minimum Gasteiger partial charge on any atom is -0.337 e. The Morgan fingerprint density at radius 1 is 1.38 bits per heavy atom. The molecule has 7 heteroatoms. The minimum absolute atomic E-state index is 0.0127. The van der Waals surface area contributed by atoms with E-state index >= 15 is 0 Å². The lowest BCUT2D eigenvalue weighted by Gasteiger charge is -2.36. The van der Waals surface area contributed by atoms with Gasteiger partial charge in [-0.05, 0) is 54.8 Å². The number of amides is 1. The van der Waals surface area contributed by atoms with Crippen molar-refractivity contribution in [1.82, 2.24) is 25.1 Å². The summed E-state index contributed by atoms with van der Waals surface area (Å²) < 4.78 is 1.71. The van der Waals surface area contributed by atoms with Crippen molar-refractivity contribution in [3.63, 3.8) is 0 Å². The van der Waals surface area contributed by atoms with E-state index in [1.54, 1.807) is 9.58 Å². The van der Waals surface area contributed by atoms with Gasteiger partial charge in [0, 0.05) is 18.7 Å². The summed E-state index contributed by atoms with van der Waals surface area (Å²) >= 11 is 0. The SMILES string of the molecule is Cc1nnnn1Cc1ccc(C(=O)N2CCC[C@](C)(C#N)C2)cc1. The number of benzene rings is 1. The number of nitriles is 1. The van der Waals surface area contributed by atoms with Gasteiger partial charge in [-0.3, -0.25) is 4.79 Å². The van der Waals surface area contributed by atoms with Gasteiger partial charge in [0.25, 0.3) is 5.91 Å². The number of carbonyl (C=O) groups excluding carboxylic acids is 1. The average molecular weight is 324 g/mol. The number of carbonyl (C=O) groups is 1. The van der Waals surface area contributed by atoms with Gasteiger partial charge in [-0.2, -0.15) is 5.26 Å². The Hall–Kier alpha value is -2.75. The van der Waals surface area contributed by atoms with Gasteiger partial charge < -0.3 is 4.90 Å². The number of aryl methyl sites for hydroxylation is 1. The molecular formula is C17H20N6O. The summed E-state index contributed by atoms with van der Waals surface area (Å²) in [5, 5.41) is 20.7. The number of piperidine rings is 1. The second-order valence-corrected chi connectivity index (χ2v) is 6.58. The van der Waals surface area contributed by atoms with Crippen LogP contribution in [0.2, 0.25) is 0 Å². The van der Waals surface area contributed by atoms with Gasteiger partial charge in [0.05, 0.1) is 18.0 Å². The van der Waals surface area contributed by atoms with Crippen molar-refractivity contribution in [2.75, 3.05) is 13.1 Å². The van der Waals surface area contributed by atoms with Crippen LogP contribution in [0, 0.1) is 23.7 Å². The maximum Gasteiger partial charge on any atom is 0.253 e. The van der Waals surface area contributed by atoms with E-state index in [9.17, 15) is 10.1 Å². The molecule has 1 aromatic heterocycles. The maximum atomic E-state index is 12.7. The molecule has 1 aliphatic heterocycles. The topological polar surface area (TPSA) is 87.7 Å². The molecule has 3 rings (SSSR count). The lowest BCUT2D eigenvalue weighted by atomic mass is 9.83. The van der Waals surface area contributed by atoms with Crippen LogP contribution in [0.4, 0.5) is 0 Å². The first kappa shape index (κ1) is 16.1. The third-order valence-corrected chi connectivity index (χ3v) is 4.50. The number of hydrogen-bond donors (Lipinski definition) is 0. The number of tetrazole rings is 1. The van der Waals surface area contributed by atoms with E-state index in [2.05, 4.69) is 21.6 Å². The van der Waals surface area contributed by atoms with Crippen LogP contribution in [0.3, 0.4) is 0 Å². The molecule has 0 saturated carbocycles. The molecule has 124 valence electrons. The van der Waals surface area contributed by atoms with Crippen molar-refractivity contribution in [2.24, 2.45) is 5.41 Å². The first-order valence-corrected chi connectivity index (χ1v) is 8.03. The van der Waals surface area contributed by atoms with Gasteiger partial charge in [-0.1, -0.05) is 12.1 Å². The fourth-order valence-electron chi connectivity index (χ4n) is 3.01. The molecule has 0 spiro atoms. The van der Waals surface area contributed by atoms with Crippen molar-refractivity contribution in [3.05, 3.63) is 41.2 Å². The van der Waals surface area contributed by atoms with E-state index < -0.39 is 5.41 Å². The van der Waals surface area contributed by atoms with Gasteiger partial charge in [0.15, 0.2) is 0 Å². The summed E-state index contributed by atoms with van der Waals surface area (Å²) in [6.45, 7) is 5.55. The molecule has 1 aliphatic rings. The fourth-order valence-corrected chi connectivity index (χ4v) is 3.01. The molecule has 1 amide bonds. The van der Waals surface area contributed by atoms with Gasteiger partial charge in [-0.25, -0.2) is 4.68 Å². The molecule has 0 unspecified atom stereocenters. The Labute approximate surface area is 140 Å². The quantitative estimate of drug-likeness (QED) is 0.859. The number of nitrogens with zero attached hydrogens (tertiary/aromatic N) is 6. The molecule has 0 radical (unpaired) electrons. The molecule has 2 aromatic rings. The van der Waals surface area contributed by atoms with Crippen LogP contribution >= 0.6 is 0 Å². The number of likely N-dealkylation sites (tertiary alicyclic amines) is 1. The van der Waals surface area contributed by atoms with Crippen LogP contribution in [-0.4, -0.2) is 44.1 Å². The molecule has 1 fully saturated rings. The zero-order chi connectivity index (χ0) is 17.2. The van der Waals surface area contributed by atoms with Crippen LogP contribution < -0.4 is 0 Å². The first-order valence-electron chi connectivity index (χ1n) is 8.03. The van der Waals surface area contributed by atoms with E-state index in [1.807, 2.05) is 38.1 Å². The van der Waals surface area contributed by atoms with Crippen LogP contribution in [0.5, 0.6) is 0 Å². The summed E-state index contributed by atoms with van der Waals surface area (Å²) in [4.78, 5) is 14.4. The fraction of sp³-hybridized carbons (Fsp3) is 0.471. The lowest BCUT2D eigenvalue weighted by molar-refractivity contribution is 0.0630. The highest BCUT2D eigenvalue weighted by Gasteiger charge is 2.33. The third kappa shape index (κ3) is 3.27. The summed E-state index contributed by atoms with van der Waals surface area (Å²) in [7, 11) is 0. The van der Waals surface area contributed by atoms with Crippen LogP contribution in [0.1, 0.15) is 41.5 Å².